The molecule has 1 N–H and O–H groups in total. The first kappa shape index (κ1) is 17.3. The zero-order valence-electron chi connectivity index (χ0n) is 12.9. The second kappa shape index (κ2) is 7.97. The molecule has 1 aliphatic rings. The van der Waals surface area contributed by atoms with Gasteiger partial charge in [-0.2, -0.15) is 0 Å². The van der Waals surface area contributed by atoms with Crippen LogP contribution in [0.25, 0.3) is 0 Å². The molecule has 1 saturated heterocycles. The van der Waals surface area contributed by atoms with Crippen molar-refractivity contribution in [3.8, 4) is 0 Å². The topological polar surface area (TPSA) is 75.7 Å². The highest BCUT2D eigenvalue weighted by molar-refractivity contribution is 6.30. The quantitative estimate of drug-likeness (QED) is 0.828. The van der Waals surface area contributed by atoms with E-state index in [1.807, 2.05) is 0 Å². The van der Waals surface area contributed by atoms with E-state index in [1.54, 1.807) is 36.1 Å². The fourth-order valence-electron chi connectivity index (χ4n) is 2.34. The smallest absolute Gasteiger partial charge is 0.326 e. The molecule has 0 radical (unpaired) electrons. The molecule has 0 aliphatic carbocycles. The molecule has 6 nitrogen and oxygen atoms in total. The third-order valence-electron chi connectivity index (χ3n) is 3.57. The van der Waals surface area contributed by atoms with Gasteiger partial charge in [0.1, 0.15) is 6.54 Å². The Bertz CT molecular complexity index is 582. The zero-order chi connectivity index (χ0) is 16.8. The summed E-state index contributed by atoms with van der Waals surface area (Å²) in [6, 6.07) is 6.29. The third kappa shape index (κ3) is 4.96. The molecule has 2 rings (SSSR count). The highest BCUT2D eigenvalue weighted by Gasteiger charge is 2.25. The number of esters is 1. The average molecular weight is 339 g/mol. The molecule has 0 aromatic heterocycles. The van der Waals surface area contributed by atoms with Gasteiger partial charge in [0.2, 0.25) is 0 Å². The largest absolute Gasteiger partial charge is 0.451 e. The van der Waals surface area contributed by atoms with Crippen LogP contribution in [0.3, 0.4) is 0 Å². The van der Waals surface area contributed by atoms with E-state index >= 15 is 0 Å². The van der Waals surface area contributed by atoms with Gasteiger partial charge < -0.3 is 15.0 Å². The minimum absolute atomic E-state index is 0.195. The number of rotatable bonds is 5. The van der Waals surface area contributed by atoms with Crippen molar-refractivity contribution in [2.24, 2.45) is 0 Å². The fourth-order valence-corrected chi connectivity index (χ4v) is 2.47. The first-order chi connectivity index (χ1) is 11.0. The van der Waals surface area contributed by atoms with Gasteiger partial charge >= 0.3 is 5.97 Å². The van der Waals surface area contributed by atoms with Crippen molar-refractivity contribution in [3.63, 3.8) is 0 Å². The third-order valence-corrected chi connectivity index (χ3v) is 3.83. The van der Waals surface area contributed by atoms with Crippen LogP contribution in [0, 0.1) is 0 Å². The van der Waals surface area contributed by atoms with Crippen LogP contribution in [0.2, 0.25) is 5.02 Å². The van der Waals surface area contributed by atoms with Gasteiger partial charge in [0.15, 0.2) is 6.10 Å². The predicted molar refractivity (Wildman–Crippen MR) is 85.2 cm³/mol. The molecule has 0 spiro atoms. The second-order valence-electron chi connectivity index (χ2n) is 5.35. The van der Waals surface area contributed by atoms with Gasteiger partial charge in [-0.15, -0.1) is 0 Å². The van der Waals surface area contributed by atoms with Crippen molar-refractivity contribution < 1.29 is 19.1 Å². The van der Waals surface area contributed by atoms with E-state index in [9.17, 15) is 14.4 Å². The van der Waals surface area contributed by atoms with Crippen molar-refractivity contribution in [3.05, 3.63) is 34.9 Å². The Labute approximate surface area is 139 Å². The fraction of sp³-hybridized carbons (Fsp3) is 0.438. The molecule has 124 valence electrons. The van der Waals surface area contributed by atoms with E-state index in [0.717, 1.165) is 12.8 Å². The van der Waals surface area contributed by atoms with E-state index in [2.05, 4.69) is 5.32 Å². The van der Waals surface area contributed by atoms with Crippen molar-refractivity contribution in [1.82, 2.24) is 10.2 Å². The molecule has 0 bridgehead atoms. The van der Waals surface area contributed by atoms with Gasteiger partial charge in [0.25, 0.3) is 11.8 Å². The Balaban J connectivity index is 1.76. The Kier molecular flexibility index (Phi) is 5.98. The zero-order valence-corrected chi connectivity index (χ0v) is 13.6. The van der Waals surface area contributed by atoms with Crippen molar-refractivity contribution in [2.45, 2.75) is 25.9 Å². The number of likely N-dealkylation sites (tertiary alicyclic amines) is 1. The number of carbonyl (C=O) groups excluding carboxylic acids is 3. The summed E-state index contributed by atoms with van der Waals surface area (Å²) in [5, 5.41) is 2.97. The molecule has 1 fully saturated rings. The van der Waals surface area contributed by atoms with E-state index in [4.69, 9.17) is 16.3 Å². The second-order valence-corrected chi connectivity index (χ2v) is 5.79. The van der Waals surface area contributed by atoms with Crippen molar-refractivity contribution >= 4 is 29.4 Å². The first-order valence-corrected chi connectivity index (χ1v) is 7.87. The highest BCUT2D eigenvalue weighted by Crippen LogP contribution is 2.11. The van der Waals surface area contributed by atoms with Gasteiger partial charge in [-0.25, -0.2) is 0 Å². The minimum Gasteiger partial charge on any atom is -0.451 e. The standard InChI is InChI=1S/C16H19ClN2O4/c1-11(16(22)19-8-2-3-9-19)23-14(20)10-18-15(21)12-4-6-13(17)7-5-12/h4-7,11H,2-3,8-10H2,1H3,(H,18,21)/t11-/m0/s1. The van der Waals surface area contributed by atoms with E-state index < -0.39 is 18.0 Å². The normalized spacial score (nSPS) is 15.1. The van der Waals surface area contributed by atoms with Gasteiger partial charge in [0.05, 0.1) is 0 Å². The SMILES string of the molecule is C[C@H](OC(=O)CNC(=O)c1ccc(Cl)cc1)C(=O)N1CCCC1. The summed E-state index contributed by atoms with van der Waals surface area (Å²) < 4.78 is 5.06. The summed E-state index contributed by atoms with van der Waals surface area (Å²) in [5.74, 6) is -1.25. The molecule has 1 aliphatic heterocycles. The summed E-state index contributed by atoms with van der Waals surface area (Å²) in [7, 11) is 0. The van der Waals surface area contributed by atoms with Crippen molar-refractivity contribution in [1.29, 1.82) is 0 Å². The maximum absolute atomic E-state index is 12.0. The van der Waals surface area contributed by atoms with Crippen LogP contribution >= 0.6 is 11.6 Å². The Morgan fingerprint density at radius 2 is 1.83 bits per heavy atom. The number of nitrogens with zero attached hydrogens (tertiary/aromatic N) is 1. The van der Waals surface area contributed by atoms with Crippen LogP contribution in [0.4, 0.5) is 0 Å². The molecule has 1 atom stereocenters. The molecule has 23 heavy (non-hydrogen) atoms. The molecular weight excluding hydrogens is 320 g/mol. The summed E-state index contributed by atoms with van der Waals surface area (Å²) in [5.41, 5.74) is 0.392. The van der Waals surface area contributed by atoms with Crippen LogP contribution in [0.5, 0.6) is 0 Å². The molecule has 1 heterocycles. The monoisotopic (exact) mass is 338 g/mol. The Morgan fingerprint density at radius 1 is 1.22 bits per heavy atom. The van der Waals surface area contributed by atoms with Crippen LogP contribution in [0.1, 0.15) is 30.1 Å². The van der Waals surface area contributed by atoms with Crippen LogP contribution in [-0.4, -0.2) is 48.4 Å². The summed E-state index contributed by atoms with van der Waals surface area (Å²) in [6.07, 6.45) is 1.11. The van der Waals surface area contributed by atoms with Gasteiger partial charge in [-0.1, -0.05) is 11.6 Å². The highest BCUT2D eigenvalue weighted by atomic mass is 35.5. The lowest BCUT2D eigenvalue weighted by Gasteiger charge is -2.20. The van der Waals surface area contributed by atoms with E-state index in [1.165, 1.54) is 0 Å². The van der Waals surface area contributed by atoms with Crippen molar-refractivity contribution in [2.75, 3.05) is 19.6 Å². The number of nitrogens with one attached hydrogen (secondary N) is 1. The molecule has 7 heteroatoms. The van der Waals surface area contributed by atoms with E-state index in [-0.39, 0.29) is 12.5 Å². The van der Waals surface area contributed by atoms with Gasteiger partial charge in [0, 0.05) is 23.7 Å². The molecule has 2 amide bonds. The number of halogens is 1. The van der Waals surface area contributed by atoms with Gasteiger partial charge in [-0.05, 0) is 44.0 Å². The van der Waals surface area contributed by atoms with Crippen LogP contribution in [0.15, 0.2) is 24.3 Å². The predicted octanol–water partition coefficient (Wildman–Crippen LogP) is 1.62. The van der Waals surface area contributed by atoms with Crippen LogP contribution < -0.4 is 5.32 Å². The molecular formula is C16H19ClN2O4. The number of amides is 2. The number of hydrogen-bond donors (Lipinski definition) is 1. The lowest BCUT2D eigenvalue weighted by atomic mass is 10.2. The maximum atomic E-state index is 12.0. The first-order valence-electron chi connectivity index (χ1n) is 7.49. The lowest BCUT2D eigenvalue weighted by molar-refractivity contribution is -0.157. The molecule has 1 aromatic carbocycles. The summed E-state index contributed by atoms with van der Waals surface area (Å²) in [6.45, 7) is 2.65. The van der Waals surface area contributed by atoms with Crippen LogP contribution in [-0.2, 0) is 14.3 Å². The number of benzene rings is 1. The molecule has 0 unspecified atom stereocenters. The Hall–Kier alpha value is -2.08. The summed E-state index contributed by atoms with van der Waals surface area (Å²) >= 11 is 5.74. The summed E-state index contributed by atoms with van der Waals surface area (Å²) in [4.78, 5) is 37.3. The molecule has 1 aromatic rings. The maximum Gasteiger partial charge on any atom is 0.326 e. The number of hydrogen-bond acceptors (Lipinski definition) is 4. The van der Waals surface area contributed by atoms with E-state index in [0.29, 0.717) is 23.7 Å². The number of carbonyl (C=O) groups is 3. The molecule has 0 saturated carbocycles. The van der Waals surface area contributed by atoms with Gasteiger partial charge in [-0.3, -0.25) is 14.4 Å². The lowest BCUT2D eigenvalue weighted by Crippen LogP contribution is -2.40. The average Bonchev–Trinajstić information content (AvgIpc) is 3.06. The number of ether oxygens (including phenoxy) is 1. The minimum atomic E-state index is -0.840. The Morgan fingerprint density at radius 3 is 2.43 bits per heavy atom.